The average Bonchev–Trinajstić information content (AvgIpc) is 2.98. The Balaban J connectivity index is 0.000000837. The van der Waals surface area contributed by atoms with Gasteiger partial charge in [0.1, 0.15) is 30.5 Å². The Kier molecular flexibility index (Phi) is 28.4. The molecule has 1 rings (SSSR count). The molecule has 6 atom stereocenters. The van der Waals surface area contributed by atoms with E-state index in [4.69, 9.17) is 24.4 Å². The SMILES string of the molecule is CCCCCCCCCCCCOC(=O)C(C)O.CCCCCCCCCCCCOC1O[C@H](CO)[C@@H](O)[C@H](O)[C@H]1O. The van der Waals surface area contributed by atoms with E-state index in [0.717, 1.165) is 25.7 Å². The van der Waals surface area contributed by atoms with Crippen molar-refractivity contribution in [3.63, 3.8) is 0 Å². The largest absolute Gasteiger partial charge is 0.464 e. The van der Waals surface area contributed by atoms with Crippen molar-refractivity contribution >= 4 is 5.97 Å². The zero-order valence-corrected chi connectivity index (χ0v) is 27.1. The number of carbonyl (C=O) groups is 1. The van der Waals surface area contributed by atoms with Crippen LogP contribution in [0.15, 0.2) is 0 Å². The number of aliphatic hydroxyl groups is 5. The van der Waals surface area contributed by atoms with Crippen LogP contribution in [-0.2, 0) is 19.0 Å². The summed E-state index contributed by atoms with van der Waals surface area (Å²) < 4.78 is 15.6. The summed E-state index contributed by atoms with van der Waals surface area (Å²) in [6.07, 6.45) is 18.0. The number of carbonyl (C=O) groups excluding carboxylic acids is 1. The van der Waals surface area contributed by atoms with E-state index in [1.807, 2.05) is 0 Å². The average molecular weight is 607 g/mol. The van der Waals surface area contributed by atoms with Crippen LogP contribution in [0, 0.1) is 0 Å². The highest BCUT2D eigenvalue weighted by Crippen LogP contribution is 2.22. The molecule has 1 aliphatic rings. The Morgan fingerprint density at radius 2 is 1.05 bits per heavy atom. The molecular formula is C33H66O9. The molecule has 0 amide bonds. The summed E-state index contributed by atoms with van der Waals surface area (Å²) in [6.45, 7) is 6.35. The Labute approximate surface area is 256 Å². The van der Waals surface area contributed by atoms with Crippen molar-refractivity contribution in [2.24, 2.45) is 0 Å². The lowest BCUT2D eigenvalue weighted by molar-refractivity contribution is -0.301. The third-order valence-electron chi connectivity index (χ3n) is 7.71. The zero-order valence-electron chi connectivity index (χ0n) is 27.1. The van der Waals surface area contributed by atoms with Gasteiger partial charge >= 0.3 is 5.97 Å². The van der Waals surface area contributed by atoms with Crippen LogP contribution >= 0.6 is 0 Å². The Morgan fingerprint density at radius 1 is 0.643 bits per heavy atom. The summed E-state index contributed by atoms with van der Waals surface area (Å²) in [6, 6.07) is 0. The Bertz CT molecular complexity index is 588. The van der Waals surface area contributed by atoms with Gasteiger partial charge < -0.3 is 39.7 Å². The molecule has 1 aliphatic heterocycles. The van der Waals surface area contributed by atoms with Crippen molar-refractivity contribution < 1.29 is 44.5 Å². The molecule has 42 heavy (non-hydrogen) atoms. The van der Waals surface area contributed by atoms with Gasteiger partial charge in [0.25, 0.3) is 0 Å². The van der Waals surface area contributed by atoms with Gasteiger partial charge in [0.15, 0.2) is 6.29 Å². The maximum absolute atomic E-state index is 10.9. The van der Waals surface area contributed by atoms with E-state index in [1.165, 1.54) is 110 Å². The molecule has 5 N–H and O–H groups in total. The highest BCUT2D eigenvalue weighted by Gasteiger charge is 2.43. The van der Waals surface area contributed by atoms with Crippen molar-refractivity contribution in [2.75, 3.05) is 19.8 Å². The van der Waals surface area contributed by atoms with Gasteiger partial charge in [-0.15, -0.1) is 0 Å². The first-order chi connectivity index (χ1) is 20.3. The molecule has 0 aliphatic carbocycles. The second kappa shape index (κ2) is 28.9. The molecular weight excluding hydrogens is 540 g/mol. The number of aliphatic hydroxyl groups excluding tert-OH is 5. The minimum absolute atomic E-state index is 0.428. The molecule has 2 unspecified atom stereocenters. The van der Waals surface area contributed by atoms with Crippen LogP contribution in [0.3, 0.4) is 0 Å². The van der Waals surface area contributed by atoms with Crippen molar-refractivity contribution in [2.45, 2.75) is 186 Å². The lowest BCUT2D eigenvalue weighted by Crippen LogP contribution is -2.59. The first-order valence-corrected chi connectivity index (χ1v) is 17.1. The van der Waals surface area contributed by atoms with Gasteiger partial charge in [0, 0.05) is 6.61 Å². The molecule has 0 saturated carbocycles. The number of unbranched alkanes of at least 4 members (excludes halogenated alkanes) is 18. The molecule has 0 aromatic carbocycles. The molecule has 0 radical (unpaired) electrons. The topological polar surface area (TPSA) is 146 Å². The molecule has 0 bridgehead atoms. The molecule has 252 valence electrons. The number of hydrogen-bond donors (Lipinski definition) is 5. The summed E-state index contributed by atoms with van der Waals surface area (Å²) in [4.78, 5) is 10.9. The fourth-order valence-electron chi connectivity index (χ4n) is 4.88. The molecule has 1 heterocycles. The van der Waals surface area contributed by atoms with Crippen molar-refractivity contribution in [1.82, 2.24) is 0 Å². The van der Waals surface area contributed by atoms with Crippen LogP contribution in [-0.4, -0.2) is 88.1 Å². The van der Waals surface area contributed by atoms with Gasteiger partial charge in [-0.3, -0.25) is 0 Å². The summed E-state index contributed by atoms with van der Waals surface area (Å²) >= 11 is 0. The maximum Gasteiger partial charge on any atom is 0.334 e. The van der Waals surface area contributed by atoms with Crippen molar-refractivity contribution in [3.8, 4) is 0 Å². The van der Waals surface area contributed by atoms with Crippen molar-refractivity contribution in [1.29, 1.82) is 0 Å². The fourth-order valence-corrected chi connectivity index (χ4v) is 4.88. The van der Waals surface area contributed by atoms with Gasteiger partial charge in [-0.2, -0.15) is 0 Å². The lowest BCUT2D eigenvalue weighted by Gasteiger charge is -2.39. The van der Waals surface area contributed by atoms with Crippen LogP contribution in [0.1, 0.15) is 149 Å². The molecule has 0 spiro atoms. The van der Waals surface area contributed by atoms with Gasteiger partial charge in [-0.1, -0.05) is 129 Å². The van der Waals surface area contributed by atoms with E-state index in [9.17, 15) is 20.1 Å². The second-order valence-corrected chi connectivity index (χ2v) is 11.8. The first-order valence-electron chi connectivity index (χ1n) is 17.1. The minimum Gasteiger partial charge on any atom is -0.464 e. The van der Waals surface area contributed by atoms with Gasteiger partial charge in [-0.05, 0) is 19.8 Å². The number of ether oxygens (including phenoxy) is 3. The van der Waals surface area contributed by atoms with E-state index < -0.39 is 49.4 Å². The third kappa shape index (κ3) is 21.8. The molecule has 0 aromatic rings. The Hall–Kier alpha value is -0.810. The Morgan fingerprint density at radius 3 is 1.45 bits per heavy atom. The zero-order chi connectivity index (χ0) is 31.4. The predicted octanol–water partition coefficient (Wildman–Crippen LogP) is 5.56. The maximum atomic E-state index is 10.9. The van der Waals surface area contributed by atoms with E-state index in [2.05, 4.69) is 13.8 Å². The van der Waals surface area contributed by atoms with Crippen molar-refractivity contribution in [3.05, 3.63) is 0 Å². The summed E-state index contributed by atoms with van der Waals surface area (Å²) in [5, 5.41) is 47.2. The molecule has 1 fully saturated rings. The molecule has 9 heteroatoms. The smallest absolute Gasteiger partial charge is 0.334 e. The monoisotopic (exact) mass is 606 g/mol. The lowest BCUT2D eigenvalue weighted by atomic mass is 9.99. The third-order valence-corrected chi connectivity index (χ3v) is 7.71. The second-order valence-electron chi connectivity index (χ2n) is 11.8. The van der Waals surface area contributed by atoms with Crippen LogP contribution < -0.4 is 0 Å². The number of hydrogen-bond acceptors (Lipinski definition) is 9. The summed E-state index contributed by atoms with van der Waals surface area (Å²) in [5.41, 5.74) is 0. The minimum atomic E-state index is -1.37. The van der Waals surface area contributed by atoms with Gasteiger partial charge in [-0.25, -0.2) is 4.79 Å². The highest BCUT2D eigenvalue weighted by molar-refractivity contribution is 5.73. The number of rotatable bonds is 25. The van der Waals surface area contributed by atoms with E-state index in [-0.39, 0.29) is 0 Å². The first kappa shape index (κ1) is 41.2. The summed E-state index contributed by atoms with van der Waals surface area (Å²) in [5.74, 6) is -0.508. The fraction of sp³-hybridized carbons (Fsp3) is 0.970. The van der Waals surface area contributed by atoms with Gasteiger partial charge in [0.2, 0.25) is 0 Å². The van der Waals surface area contributed by atoms with Crippen LogP contribution in [0.25, 0.3) is 0 Å². The van der Waals surface area contributed by atoms with E-state index in [0.29, 0.717) is 13.2 Å². The standard InChI is InChI=1S/C18H36O6.C15H30O3/c1-2-3-4-5-6-7-8-9-10-11-12-23-18-17(22)16(21)15(20)14(13-19)24-18;1-3-4-5-6-7-8-9-10-11-12-13-18-15(17)14(2)16/h14-22H,2-13H2,1H3;14,16H,3-13H2,1-2H3/t14-,15-,16+,17-,18?;/m1./s1. The highest BCUT2D eigenvalue weighted by atomic mass is 16.7. The van der Waals surface area contributed by atoms with Crippen LogP contribution in [0.2, 0.25) is 0 Å². The summed E-state index contributed by atoms with van der Waals surface area (Å²) in [7, 11) is 0. The van der Waals surface area contributed by atoms with Crippen LogP contribution in [0.4, 0.5) is 0 Å². The predicted molar refractivity (Wildman–Crippen MR) is 166 cm³/mol. The molecule has 0 aromatic heterocycles. The van der Waals surface area contributed by atoms with Crippen LogP contribution in [0.5, 0.6) is 0 Å². The van der Waals surface area contributed by atoms with E-state index >= 15 is 0 Å². The normalized spacial score (nSPS) is 22.8. The van der Waals surface area contributed by atoms with E-state index in [1.54, 1.807) is 0 Å². The number of esters is 1. The molecule has 9 nitrogen and oxygen atoms in total. The van der Waals surface area contributed by atoms with Gasteiger partial charge in [0.05, 0.1) is 13.2 Å². The quantitative estimate of drug-likeness (QED) is 0.0666. The molecule has 1 saturated heterocycles.